The number of carbonyl (C=O) groups excluding carboxylic acids is 2. The summed E-state index contributed by atoms with van der Waals surface area (Å²) in [6.07, 6.45) is 0. The van der Waals surface area contributed by atoms with Gasteiger partial charge in [-0.2, -0.15) is 0 Å². The minimum absolute atomic E-state index is 0.0384. The molecule has 0 radical (unpaired) electrons. The van der Waals surface area contributed by atoms with E-state index in [1.165, 1.54) is 49.7 Å². The number of hydrogen-bond donors (Lipinski definition) is 1. The van der Waals surface area contributed by atoms with Gasteiger partial charge in [0.15, 0.2) is 11.5 Å². The average Bonchev–Trinajstić information content (AvgIpc) is 3.45. The van der Waals surface area contributed by atoms with Crippen molar-refractivity contribution in [3.63, 3.8) is 0 Å². The minimum Gasteiger partial charge on any atom is -0.507 e. The van der Waals surface area contributed by atoms with Crippen LogP contribution < -0.4 is 14.2 Å². The van der Waals surface area contributed by atoms with Crippen molar-refractivity contribution in [1.29, 1.82) is 0 Å². The molecule has 1 fully saturated rings. The molecule has 1 saturated heterocycles. The fraction of sp³-hybridized carbons (Fsp3) is 0.200. The largest absolute Gasteiger partial charge is 0.507 e. The van der Waals surface area contributed by atoms with Crippen LogP contribution in [0.2, 0.25) is 0 Å². The summed E-state index contributed by atoms with van der Waals surface area (Å²) in [4.78, 5) is 28.7. The summed E-state index contributed by atoms with van der Waals surface area (Å²) in [5, 5.41) is 13.1. The summed E-state index contributed by atoms with van der Waals surface area (Å²) < 4.78 is 30.3. The maximum absolute atomic E-state index is 14.1. The molecular formula is C25H22FNO6S. The standard InChI is InChI=1S/C25H22FNO6S/c1-31-18-10-9-14(26)12-17(18)22(28)20-21(16-7-4-8-19(32-2)24(16)33-3)27(25(30)23(20)29)13-15-6-5-11-34-15/h4-12,21,28H,13H2,1-3H3/b22-20+. The predicted octanol–water partition coefficient (Wildman–Crippen LogP) is 4.53. The van der Waals surface area contributed by atoms with Crippen LogP contribution in [0.1, 0.15) is 22.0 Å². The number of carbonyl (C=O) groups is 2. The molecule has 9 heteroatoms. The van der Waals surface area contributed by atoms with Gasteiger partial charge >= 0.3 is 0 Å². The first-order valence-electron chi connectivity index (χ1n) is 10.3. The summed E-state index contributed by atoms with van der Waals surface area (Å²) in [6.45, 7) is 0.129. The molecule has 0 spiro atoms. The number of aliphatic hydroxyl groups excluding tert-OH is 1. The first-order chi connectivity index (χ1) is 16.4. The van der Waals surface area contributed by atoms with Gasteiger partial charge in [0.25, 0.3) is 11.7 Å². The van der Waals surface area contributed by atoms with E-state index < -0.39 is 29.3 Å². The average molecular weight is 484 g/mol. The summed E-state index contributed by atoms with van der Waals surface area (Å²) in [5.74, 6) is -2.01. The molecule has 1 atom stereocenters. The van der Waals surface area contributed by atoms with Crippen LogP contribution in [0.5, 0.6) is 17.2 Å². The highest BCUT2D eigenvalue weighted by Crippen LogP contribution is 2.46. The van der Waals surface area contributed by atoms with Crippen LogP contribution in [0.3, 0.4) is 0 Å². The number of aliphatic hydroxyl groups is 1. The SMILES string of the molecule is COc1ccc(F)cc1/C(O)=C1\C(=O)C(=O)N(Cc2cccs2)C1c1cccc(OC)c1OC. The molecule has 1 N–H and O–H groups in total. The van der Waals surface area contributed by atoms with Crippen molar-refractivity contribution in [3.8, 4) is 17.2 Å². The van der Waals surface area contributed by atoms with Gasteiger partial charge in [0.05, 0.1) is 45.1 Å². The molecule has 4 rings (SSSR count). The second kappa shape index (κ2) is 9.56. The lowest BCUT2D eigenvalue weighted by atomic mass is 9.94. The predicted molar refractivity (Wildman–Crippen MR) is 125 cm³/mol. The Morgan fingerprint density at radius 1 is 1.03 bits per heavy atom. The third-order valence-corrected chi connectivity index (χ3v) is 6.45. The van der Waals surface area contributed by atoms with E-state index in [2.05, 4.69) is 0 Å². The van der Waals surface area contributed by atoms with E-state index in [-0.39, 0.29) is 23.4 Å². The van der Waals surface area contributed by atoms with Crippen molar-refractivity contribution in [1.82, 2.24) is 4.90 Å². The second-order valence-corrected chi connectivity index (χ2v) is 8.47. The molecular weight excluding hydrogens is 461 g/mol. The van der Waals surface area contributed by atoms with Crippen molar-refractivity contribution in [2.75, 3.05) is 21.3 Å². The molecule has 1 aliphatic rings. The number of Topliss-reactive ketones (excluding diaryl/α,β-unsaturated/α-hetero) is 1. The van der Waals surface area contributed by atoms with Gasteiger partial charge in [-0.05, 0) is 35.7 Å². The van der Waals surface area contributed by atoms with Crippen molar-refractivity contribution in [2.45, 2.75) is 12.6 Å². The van der Waals surface area contributed by atoms with E-state index >= 15 is 0 Å². The highest BCUT2D eigenvalue weighted by atomic mass is 32.1. The molecule has 3 aromatic rings. The first-order valence-corrected chi connectivity index (χ1v) is 11.1. The van der Waals surface area contributed by atoms with E-state index in [9.17, 15) is 19.1 Å². The molecule has 1 amide bonds. The third-order valence-electron chi connectivity index (χ3n) is 5.59. The van der Waals surface area contributed by atoms with Crippen molar-refractivity contribution >= 4 is 28.8 Å². The zero-order valence-corrected chi connectivity index (χ0v) is 19.5. The summed E-state index contributed by atoms with van der Waals surface area (Å²) >= 11 is 1.43. The highest BCUT2D eigenvalue weighted by molar-refractivity contribution is 7.09. The summed E-state index contributed by atoms with van der Waals surface area (Å²) in [6, 6.07) is 11.3. The maximum atomic E-state index is 14.1. The number of amides is 1. The van der Waals surface area contributed by atoms with E-state index in [1.807, 2.05) is 17.5 Å². The monoisotopic (exact) mass is 483 g/mol. The number of ketones is 1. The topological polar surface area (TPSA) is 85.3 Å². The Morgan fingerprint density at radius 2 is 1.79 bits per heavy atom. The van der Waals surface area contributed by atoms with Gasteiger partial charge in [0.2, 0.25) is 0 Å². The lowest BCUT2D eigenvalue weighted by Gasteiger charge is -2.27. The molecule has 34 heavy (non-hydrogen) atoms. The molecule has 0 bridgehead atoms. The minimum atomic E-state index is -1.01. The Labute approximate surface area is 199 Å². The van der Waals surface area contributed by atoms with Gasteiger partial charge in [-0.25, -0.2) is 4.39 Å². The zero-order valence-electron chi connectivity index (χ0n) is 18.7. The highest BCUT2D eigenvalue weighted by Gasteiger charge is 2.47. The molecule has 2 heterocycles. The number of para-hydroxylation sites is 1. The van der Waals surface area contributed by atoms with Crippen LogP contribution >= 0.6 is 11.3 Å². The Balaban J connectivity index is 1.99. The smallest absolute Gasteiger partial charge is 0.295 e. The van der Waals surface area contributed by atoms with Gasteiger partial charge in [-0.3, -0.25) is 9.59 Å². The lowest BCUT2D eigenvalue weighted by molar-refractivity contribution is -0.140. The van der Waals surface area contributed by atoms with Gasteiger partial charge in [-0.15, -0.1) is 11.3 Å². The number of thiophene rings is 1. The lowest BCUT2D eigenvalue weighted by Crippen LogP contribution is -2.29. The van der Waals surface area contributed by atoms with Gasteiger partial charge in [-0.1, -0.05) is 18.2 Å². The fourth-order valence-electron chi connectivity index (χ4n) is 4.07. The van der Waals surface area contributed by atoms with Gasteiger partial charge < -0.3 is 24.2 Å². The van der Waals surface area contributed by atoms with Crippen molar-refractivity contribution in [2.24, 2.45) is 0 Å². The third kappa shape index (κ3) is 3.99. The number of rotatable bonds is 7. The Kier molecular flexibility index (Phi) is 6.56. The number of halogens is 1. The van der Waals surface area contributed by atoms with Crippen LogP contribution in [0.25, 0.3) is 5.76 Å². The zero-order chi connectivity index (χ0) is 24.4. The molecule has 7 nitrogen and oxygen atoms in total. The molecule has 0 aliphatic carbocycles. The number of likely N-dealkylation sites (tertiary alicyclic amines) is 1. The molecule has 1 aliphatic heterocycles. The molecule has 176 valence electrons. The van der Waals surface area contributed by atoms with Crippen LogP contribution in [0.15, 0.2) is 59.5 Å². The Hall–Kier alpha value is -3.85. The first kappa shape index (κ1) is 23.3. The number of hydrogen-bond acceptors (Lipinski definition) is 7. The Bertz CT molecular complexity index is 1270. The van der Waals surface area contributed by atoms with E-state index in [1.54, 1.807) is 18.2 Å². The van der Waals surface area contributed by atoms with Gasteiger partial charge in [0, 0.05) is 10.4 Å². The Morgan fingerprint density at radius 3 is 2.44 bits per heavy atom. The molecule has 0 saturated carbocycles. The normalized spacial score (nSPS) is 17.2. The number of ether oxygens (including phenoxy) is 3. The van der Waals surface area contributed by atoms with E-state index in [0.717, 1.165) is 10.9 Å². The van der Waals surface area contributed by atoms with Crippen LogP contribution in [-0.2, 0) is 16.1 Å². The van der Waals surface area contributed by atoms with Crippen LogP contribution in [0.4, 0.5) is 4.39 Å². The molecule has 1 unspecified atom stereocenters. The second-order valence-electron chi connectivity index (χ2n) is 7.43. The van der Waals surface area contributed by atoms with Crippen molar-refractivity contribution in [3.05, 3.63) is 81.3 Å². The van der Waals surface area contributed by atoms with Crippen molar-refractivity contribution < 1.29 is 33.3 Å². The van der Waals surface area contributed by atoms with Gasteiger partial charge in [0.1, 0.15) is 17.3 Å². The number of benzene rings is 2. The number of methoxy groups -OCH3 is 3. The fourth-order valence-corrected chi connectivity index (χ4v) is 4.78. The summed E-state index contributed by atoms with van der Waals surface area (Å²) in [5.41, 5.74) is 0.204. The summed E-state index contributed by atoms with van der Waals surface area (Å²) in [7, 11) is 4.28. The maximum Gasteiger partial charge on any atom is 0.295 e. The van der Waals surface area contributed by atoms with E-state index in [0.29, 0.717) is 17.1 Å². The molecule has 2 aromatic carbocycles. The van der Waals surface area contributed by atoms with E-state index in [4.69, 9.17) is 14.2 Å². The molecule has 1 aromatic heterocycles. The van der Waals surface area contributed by atoms with Crippen LogP contribution in [0, 0.1) is 5.82 Å². The van der Waals surface area contributed by atoms with Crippen LogP contribution in [-0.4, -0.2) is 43.0 Å². The number of nitrogens with zero attached hydrogens (tertiary/aromatic N) is 1. The quantitative estimate of drug-likeness (QED) is 0.302.